The molecule has 2 heteroatoms. The molecule has 0 aromatic heterocycles. The molecular formula is C17H20O2. The fourth-order valence-electron chi connectivity index (χ4n) is 2.40. The quantitative estimate of drug-likeness (QED) is 0.746. The molecule has 0 amide bonds. The number of rotatable bonds is 5. The van der Waals surface area contributed by atoms with Gasteiger partial charge in [-0.25, -0.2) is 0 Å². The van der Waals surface area contributed by atoms with Gasteiger partial charge in [0.15, 0.2) is 0 Å². The standard InChI is InChI=1S/C17H20O2/c1-3-4-9-16(17(18)19-2)15-11-10-13-7-5-6-8-14(13)12-15/h5-8,10-12,16H,3-4,9H2,1-2H3. The first-order valence-electron chi connectivity index (χ1n) is 6.82. The van der Waals surface area contributed by atoms with Gasteiger partial charge in [-0.1, -0.05) is 62.2 Å². The Labute approximate surface area is 114 Å². The smallest absolute Gasteiger partial charge is 0.313 e. The van der Waals surface area contributed by atoms with Crippen molar-refractivity contribution in [3.05, 3.63) is 48.0 Å². The van der Waals surface area contributed by atoms with Crippen LogP contribution in [0.2, 0.25) is 0 Å². The van der Waals surface area contributed by atoms with Gasteiger partial charge in [0.1, 0.15) is 0 Å². The Hall–Kier alpha value is -1.83. The minimum atomic E-state index is -0.144. The fraction of sp³-hybridized carbons (Fsp3) is 0.353. The van der Waals surface area contributed by atoms with Crippen LogP contribution in [0.1, 0.15) is 37.7 Å². The summed E-state index contributed by atoms with van der Waals surface area (Å²) < 4.78 is 4.94. The maximum Gasteiger partial charge on any atom is 0.313 e. The topological polar surface area (TPSA) is 26.3 Å². The number of hydrogen-bond acceptors (Lipinski definition) is 2. The van der Waals surface area contributed by atoms with E-state index in [1.807, 2.05) is 18.2 Å². The van der Waals surface area contributed by atoms with Crippen molar-refractivity contribution in [1.82, 2.24) is 0 Å². The first kappa shape index (κ1) is 13.6. The second kappa shape index (κ2) is 6.37. The Bertz CT molecular complexity index is 560. The van der Waals surface area contributed by atoms with E-state index < -0.39 is 0 Å². The van der Waals surface area contributed by atoms with Crippen LogP contribution in [0.3, 0.4) is 0 Å². The predicted molar refractivity (Wildman–Crippen MR) is 78.2 cm³/mol. The molecule has 2 aromatic rings. The molecule has 0 spiro atoms. The average molecular weight is 256 g/mol. The molecule has 19 heavy (non-hydrogen) atoms. The van der Waals surface area contributed by atoms with Crippen LogP contribution in [0.15, 0.2) is 42.5 Å². The second-order valence-corrected chi connectivity index (χ2v) is 4.82. The van der Waals surface area contributed by atoms with Crippen LogP contribution >= 0.6 is 0 Å². The van der Waals surface area contributed by atoms with Crippen molar-refractivity contribution in [2.24, 2.45) is 0 Å². The van der Waals surface area contributed by atoms with E-state index >= 15 is 0 Å². The van der Waals surface area contributed by atoms with E-state index in [4.69, 9.17) is 4.74 Å². The summed E-state index contributed by atoms with van der Waals surface area (Å²) in [6, 6.07) is 14.4. The highest BCUT2D eigenvalue weighted by Crippen LogP contribution is 2.26. The maximum atomic E-state index is 11.9. The van der Waals surface area contributed by atoms with E-state index in [1.165, 1.54) is 17.9 Å². The van der Waals surface area contributed by atoms with Gasteiger partial charge in [0.25, 0.3) is 0 Å². The minimum Gasteiger partial charge on any atom is -0.469 e. The zero-order valence-electron chi connectivity index (χ0n) is 11.6. The molecular weight excluding hydrogens is 236 g/mol. The van der Waals surface area contributed by atoms with Crippen LogP contribution in [0.25, 0.3) is 10.8 Å². The van der Waals surface area contributed by atoms with E-state index in [2.05, 4.69) is 31.2 Å². The fourth-order valence-corrected chi connectivity index (χ4v) is 2.40. The summed E-state index contributed by atoms with van der Waals surface area (Å²) in [5.41, 5.74) is 1.05. The zero-order chi connectivity index (χ0) is 13.7. The van der Waals surface area contributed by atoms with Crippen LogP contribution in [0, 0.1) is 0 Å². The molecule has 0 fully saturated rings. The van der Waals surface area contributed by atoms with Gasteiger partial charge >= 0.3 is 5.97 Å². The van der Waals surface area contributed by atoms with Crippen molar-refractivity contribution in [1.29, 1.82) is 0 Å². The number of methoxy groups -OCH3 is 1. The normalized spacial score (nSPS) is 12.3. The number of carbonyl (C=O) groups is 1. The van der Waals surface area contributed by atoms with Crippen molar-refractivity contribution >= 4 is 16.7 Å². The lowest BCUT2D eigenvalue weighted by Gasteiger charge is -2.15. The zero-order valence-corrected chi connectivity index (χ0v) is 11.6. The van der Waals surface area contributed by atoms with Gasteiger partial charge in [-0.2, -0.15) is 0 Å². The molecule has 0 aliphatic rings. The van der Waals surface area contributed by atoms with Gasteiger partial charge in [-0.3, -0.25) is 4.79 Å². The Kier molecular flexibility index (Phi) is 4.56. The number of fused-ring (bicyclic) bond motifs is 1. The molecule has 0 saturated heterocycles. The molecule has 2 rings (SSSR count). The Morgan fingerprint density at radius 2 is 1.89 bits per heavy atom. The first-order chi connectivity index (χ1) is 9.26. The highest BCUT2D eigenvalue weighted by atomic mass is 16.5. The summed E-state index contributed by atoms with van der Waals surface area (Å²) in [6.07, 6.45) is 2.97. The minimum absolute atomic E-state index is 0.135. The van der Waals surface area contributed by atoms with E-state index in [0.717, 1.165) is 24.8 Å². The highest BCUT2D eigenvalue weighted by molar-refractivity contribution is 5.85. The van der Waals surface area contributed by atoms with Crippen molar-refractivity contribution in [3.63, 3.8) is 0 Å². The van der Waals surface area contributed by atoms with Gasteiger partial charge in [-0.05, 0) is 22.8 Å². The number of esters is 1. The van der Waals surface area contributed by atoms with Gasteiger partial charge in [0.2, 0.25) is 0 Å². The summed E-state index contributed by atoms with van der Waals surface area (Å²) in [5, 5.41) is 2.37. The lowest BCUT2D eigenvalue weighted by atomic mass is 9.92. The number of carbonyl (C=O) groups excluding carboxylic acids is 1. The third kappa shape index (κ3) is 3.14. The second-order valence-electron chi connectivity index (χ2n) is 4.82. The largest absolute Gasteiger partial charge is 0.469 e. The third-order valence-electron chi connectivity index (χ3n) is 3.51. The van der Waals surface area contributed by atoms with Crippen molar-refractivity contribution < 1.29 is 9.53 Å². The van der Waals surface area contributed by atoms with E-state index in [-0.39, 0.29) is 11.9 Å². The van der Waals surface area contributed by atoms with Crippen molar-refractivity contribution in [2.75, 3.05) is 7.11 Å². The molecule has 0 bridgehead atoms. The Morgan fingerprint density at radius 1 is 1.16 bits per heavy atom. The summed E-state index contributed by atoms with van der Waals surface area (Å²) in [4.78, 5) is 11.9. The molecule has 0 N–H and O–H groups in total. The van der Waals surface area contributed by atoms with Crippen LogP contribution in [0.4, 0.5) is 0 Å². The third-order valence-corrected chi connectivity index (χ3v) is 3.51. The van der Waals surface area contributed by atoms with Crippen molar-refractivity contribution in [2.45, 2.75) is 32.1 Å². The summed E-state index contributed by atoms with van der Waals surface area (Å²) in [6.45, 7) is 2.13. The Morgan fingerprint density at radius 3 is 2.58 bits per heavy atom. The van der Waals surface area contributed by atoms with Gasteiger partial charge in [0.05, 0.1) is 13.0 Å². The average Bonchev–Trinajstić information content (AvgIpc) is 2.47. The monoisotopic (exact) mass is 256 g/mol. The molecule has 2 nitrogen and oxygen atoms in total. The predicted octanol–water partition coefficient (Wildman–Crippen LogP) is 4.29. The lowest BCUT2D eigenvalue weighted by Crippen LogP contribution is -2.14. The van der Waals surface area contributed by atoms with E-state index in [0.29, 0.717) is 0 Å². The number of hydrogen-bond donors (Lipinski definition) is 0. The number of unbranched alkanes of at least 4 members (excludes halogenated alkanes) is 1. The summed E-state index contributed by atoms with van der Waals surface area (Å²) in [7, 11) is 1.46. The summed E-state index contributed by atoms with van der Waals surface area (Å²) in [5.74, 6) is -0.279. The molecule has 0 aliphatic heterocycles. The van der Waals surface area contributed by atoms with Crippen LogP contribution < -0.4 is 0 Å². The summed E-state index contributed by atoms with van der Waals surface area (Å²) >= 11 is 0. The van der Waals surface area contributed by atoms with Gasteiger partial charge in [0, 0.05) is 0 Å². The van der Waals surface area contributed by atoms with Crippen LogP contribution in [0.5, 0.6) is 0 Å². The molecule has 0 radical (unpaired) electrons. The molecule has 100 valence electrons. The van der Waals surface area contributed by atoms with E-state index in [9.17, 15) is 4.79 Å². The Balaban J connectivity index is 2.34. The first-order valence-corrected chi connectivity index (χ1v) is 6.82. The van der Waals surface area contributed by atoms with Crippen LogP contribution in [-0.4, -0.2) is 13.1 Å². The molecule has 0 aliphatic carbocycles. The SMILES string of the molecule is CCCCC(C(=O)OC)c1ccc2ccccc2c1. The molecule has 0 saturated carbocycles. The van der Waals surface area contributed by atoms with Gasteiger partial charge < -0.3 is 4.74 Å². The lowest BCUT2D eigenvalue weighted by molar-refractivity contribution is -0.142. The van der Waals surface area contributed by atoms with Crippen molar-refractivity contribution in [3.8, 4) is 0 Å². The molecule has 1 atom stereocenters. The molecule has 1 unspecified atom stereocenters. The van der Waals surface area contributed by atoms with E-state index in [1.54, 1.807) is 0 Å². The molecule has 2 aromatic carbocycles. The van der Waals surface area contributed by atoms with Crippen LogP contribution in [-0.2, 0) is 9.53 Å². The number of benzene rings is 2. The maximum absolute atomic E-state index is 11.9. The highest BCUT2D eigenvalue weighted by Gasteiger charge is 2.20. The number of ether oxygens (including phenoxy) is 1. The van der Waals surface area contributed by atoms with Gasteiger partial charge in [-0.15, -0.1) is 0 Å². The molecule has 0 heterocycles.